The van der Waals surface area contributed by atoms with Gasteiger partial charge in [0.25, 0.3) is 0 Å². The fourth-order valence-corrected chi connectivity index (χ4v) is 2.18. The Morgan fingerprint density at radius 1 is 1.29 bits per heavy atom. The Morgan fingerprint density at radius 2 is 2.06 bits per heavy atom. The number of rotatable bonds is 2. The molecule has 0 N–H and O–H groups in total. The largest absolute Gasteiger partial charge is 0.496 e. The molecule has 1 aromatic heterocycles. The predicted octanol–water partition coefficient (Wildman–Crippen LogP) is 3.27. The molecule has 0 aliphatic heterocycles. The maximum atomic E-state index is 6.03. The summed E-state index contributed by atoms with van der Waals surface area (Å²) in [6, 6.07) is 5.56. The molecular weight excluding hydrogens is 305 g/mol. The molecule has 2 rings (SSSR count). The number of methoxy groups -OCH3 is 1. The Morgan fingerprint density at radius 3 is 2.65 bits per heavy atom. The molecule has 0 saturated carbocycles. The third-order valence-electron chi connectivity index (χ3n) is 2.18. The lowest BCUT2D eigenvalue weighted by atomic mass is 10.1. The summed E-state index contributed by atoms with van der Waals surface area (Å²) in [6.45, 7) is 1.74. The molecule has 0 spiro atoms. The number of halogens is 2. The fourth-order valence-electron chi connectivity index (χ4n) is 1.37. The van der Waals surface area contributed by atoms with Crippen molar-refractivity contribution in [1.29, 1.82) is 0 Å². The molecule has 0 atom stereocenters. The standard InChI is InChI=1S/C11H9BrClN3O/c1-6-14-11(13)10(16-15-6)7-3-4-9(17-2)8(12)5-7/h3-5H,1-2H3. The summed E-state index contributed by atoms with van der Waals surface area (Å²) in [5.41, 5.74) is 1.39. The molecule has 1 aromatic carbocycles. The van der Waals surface area contributed by atoms with Gasteiger partial charge in [-0.3, -0.25) is 0 Å². The highest BCUT2D eigenvalue weighted by Crippen LogP contribution is 2.31. The van der Waals surface area contributed by atoms with Crippen LogP contribution in [0.5, 0.6) is 5.75 Å². The predicted molar refractivity (Wildman–Crippen MR) is 69.3 cm³/mol. The van der Waals surface area contributed by atoms with Crippen molar-refractivity contribution < 1.29 is 4.74 Å². The molecule has 1 heterocycles. The molecule has 0 unspecified atom stereocenters. The molecule has 2 aromatic rings. The number of aryl methyl sites for hydroxylation is 1. The minimum atomic E-state index is 0.342. The van der Waals surface area contributed by atoms with Crippen LogP contribution in [-0.2, 0) is 0 Å². The maximum Gasteiger partial charge on any atom is 0.159 e. The molecule has 0 radical (unpaired) electrons. The second kappa shape index (κ2) is 4.98. The summed E-state index contributed by atoms with van der Waals surface area (Å²) >= 11 is 9.44. The van der Waals surface area contributed by atoms with E-state index in [0.29, 0.717) is 16.7 Å². The lowest BCUT2D eigenvalue weighted by Crippen LogP contribution is -1.96. The molecule has 0 saturated heterocycles. The van der Waals surface area contributed by atoms with Gasteiger partial charge in [-0.05, 0) is 41.1 Å². The lowest BCUT2D eigenvalue weighted by molar-refractivity contribution is 0.412. The lowest BCUT2D eigenvalue weighted by Gasteiger charge is -2.06. The van der Waals surface area contributed by atoms with Crippen molar-refractivity contribution in [2.45, 2.75) is 6.92 Å². The molecule has 0 bridgehead atoms. The van der Waals surface area contributed by atoms with Crippen LogP contribution < -0.4 is 4.74 Å². The van der Waals surface area contributed by atoms with Crippen molar-refractivity contribution in [3.8, 4) is 17.0 Å². The number of hydrogen-bond donors (Lipinski definition) is 0. The number of benzene rings is 1. The van der Waals surface area contributed by atoms with Crippen LogP contribution in [0.15, 0.2) is 22.7 Å². The van der Waals surface area contributed by atoms with Gasteiger partial charge >= 0.3 is 0 Å². The Labute approximate surface area is 112 Å². The van der Waals surface area contributed by atoms with Crippen molar-refractivity contribution >= 4 is 27.5 Å². The second-order valence-corrected chi connectivity index (χ2v) is 4.56. The Balaban J connectivity index is 2.50. The monoisotopic (exact) mass is 313 g/mol. The van der Waals surface area contributed by atoms with Gasteiger partial charge in [0.2, 0.25) is 0 Å². The number of ether oxygens (including phenoxy) is 1. The summed E-state index contributed by atoms with van der Waals surface area (Å²) in [5.74, 6) is 1.30. The van der Waals surface area contributed by atoms with E-state index in [-0.39, 0.29) is 0 Å². The smallest absolute Gasteiger partial charge is 0.159 e. The zero-order valence-electron chi connectivity index (χ0n) is 9.24. The molecular formula is C11H9BrClN3O. The first-order valence-corrected chi connectivity index (χ1v) is 5.99. The maximum absolute atomic E-state index is 6.03. The SMILES string of the molecule is COc1ccc(-c2nnc(C)nc2Cl)cc1Br. The van der Waals surface area contributed by atoms with Crippen LogP contribution in [0.25, 0.3) is 11.3 Å². The topological polar surface area (TPSA) is 47.9 Å². The second-order valence-electron chi connectivity index (χ2n) is 3.35. The van der Waals surface area contributed by atoms with Gasteiger partial charge in [-0.1, -0.05) is 11.6 Å². The van der Waals surface area contributed by atoms with Gasteiger partial charge in [0, 0.05) is 5.56 Å². The van der Waals surface area contributed by atoms with E-state index < -0.39 is 0 Å². The van der Waals surface area contributed by atoms with E-state index in [4.69, 9.17) is 16.3 Å². The van der Waals surface area contributed by atoms with Gasteiger partial charge < -0.3 is 4.74 Å². The number of hydrogen-bond acceptors (Lipinski definition) is 4. The molecule has 88 valence electrons. The van der Waals surface area contributed by atoms with E-state index in [1.165, 1.54) is 0 Å². The number of aromatic nitrogens is 3. The Hall–Kier alpha value is -1.20. The summed E-state index contributed by atoms with van der Waals surface area (Å²) in [4.78, 5) is 4.07. The fraction of sp³-hybridized carbons (Fsp3) is 0.182. The van der Waals surface area contributed by atoms with Gasteiger partial charge in [0.15, 0.2) is 5.15 Å². The van der Waals surface area contributed by atoms with Crippen LogP contribution >= 0.6 is 27.5 Å². The first kappa shape index (κ1) is 12.3. The molecule has 17 heavy (non-hydrogen) atoms. The molecule has 4 nitrogen and oxygen atoms in total. The van der Waals surface area contributed by atoms with E-state index in [1.807, 2.05) is 18.2 Å². The molecule has 6 heteroatoms. The Bertz CT molecular complexity index is 562. The third-order valence-corrected chi connectivity index (χ3v) is 3.06. The van der Waals surface area contributed by atoms with Gasteiger partial charge in [-0.25, -0.2) is 4.98 Å². The van der Waals surface area contributed by atoms with Crippen molar-refractivity contribution in [3.63, 3.8) is 0 Å². The average molecular weight is 315 g/mol. The van der Waals surface area contributed by atoms with Crippen LogP contribution in [0, 0.1) is 6.92 Å². The first-order valence-electron chi connectivity index (χ1n) is 4.82. The minimum Gasteiger partial charge on any atom is -0.496 e. The van der Waals surface area contributed by atoms with E-state index in [9.17, 15) is 0 Å². The zero-order valence-corrected chi connectivity index (χ0v) is 11.6. The van der Waals surface area contributed by atoms with Crippen molar-refractivity contribution in [2.24, 2.45) is 0 Å². The van der Waals surface area contributed by atoms with Crippen molar-refractivity contribution in [3.05, 3.63) is 33.6 Å². The average Bonchev–Trinajstić information content (AvgIpc) is 2.29. The summed E-state index contributed by atoms with van der Waals surface area (Å²) in [7, 11) is 1.61. The van der Waals surface area contributed by atoms with Gasteiger partial charge in [-0.2, -0.15) is 0 Å². The van der Waals surface area contributed by atoms with Crippen LogP contribution in [0.2, 0.25) is 5.15 Å². The molecule has 0 aliphatic carbocycles. The first-order chi connectivity index (χ1) is 8.11. The summed E-state index contributed by atoms with van der Waals surface area (Å²) < 4.78 is 5.98. The Kier molecular flexibility index (Phi) is 3.59. The van der Waals surface area contributed by atoms with Crippen LogP contribution in [0.3, 0.4) is 0 Å². The molecule has 0 amide bonds. The van der Waals surface area contributed by atoms with Crippen molar-refractivity contribution in [2.75, 3.05) is 7.11 Å². The normalized spacial score (nSPS) is 10.4. The van der Waals surface area contributed by atoms with Crippen molar-refractivity contribution in [1.82, 2.24) is 15.2 Å². The van der Waals surface area contributed by atoms with E-state index in [2.05, 4.69) is 31.1 Å². The highest BCUT2D eigenvalue weighted by molar-refractivity contribution is 9.10. The summed E-state index contributed by atoms with van der Waals surface area (Å²) in [6.07, 6.45) is 0. The van der Waals surface area contributed by atoms with E-state index >= 15 is 0 Å². The highest BCUT2D eigenvalue weighted by atomic mass is 79.9. The van der Waals surface area contributed by atoms with Crippen LogP contribution in [-0.4, -0.2) is 22.3 Å². The quantitative estimate of drug-likeness (QED) is 0.853. The minimum absolute atomic E-state index is 0.342. The van der Waals surface area contributed by atoms with Gasteiger partial charge in [-0.15, -0.1) is 10.2 Å². The summed E-state index contributed by atoms with van der Waals surface area (Å²) in [5, 5.41) is 8.28. The van der Waals surface area contributed by atoms with Gasteiger partial charge in [0.05, 0.1) is 11.6 Å². The molecule has 0 fully saturated rings. The van der Waals surface area contributed by atoms with Gasteiger partial charge in [0.1, 0.15) is 17.3 Å². The molecule has 0 aliphatic rings. The van der Waals surface area contributed by atoms with Crippen LogP contribution in [0.1, 0.15) is 5.82 Å². The van der Waals surface area contributed by atoms with Crippen LogP contribution in [0.4, 0.5) is 0 Å². The number of nitrogens with zero attached hydrogens (tertiary/aromatic N) is 3. The third kappa shape index (κ3) is 2.56. The van der Waals surface area contributed by atoms with E-state index in [0.717, 1.165) is 15.8 Å². The highest BCUT2D eigenvalue weighted by Gasteiger charge is 2.10. The zero-order chi connectivity index (χ0) is 12.4. The van der Waals surface area contributed by atoms with E-state index in [1.54, 1.807) is 14.0 Å².